The molecule has 2 N–H and O–H groups in total. The Morgan fingerprint density at radius 2 is 1.96 bits per heavy atom. The Balaban J connectivity index is 2.08. The second kappa shape index (κ2) is 6.43. The van der Waals surface area contributed by atoms with Crippen LogP contribution in [0.25, 0.3) is 0 Å². The van der Waals surface area contributed by atoms with E-state index in [1.165, 1.54) is 12.1 Å². The summed E-state index contributed by atoms with van der Waals surface area (Å²) in [5.41, 5.74) is 1.63. The first-order valence-electron chi connectivity index (χ1n) is 7.55. The summed E-state index contributed by atoms with van der Waals surface area (Å²) in [6.07, 6.45) is -0.184. The average molecular weight is 332 g/mol. The SMILES string of the molecule is Cc1cc(C(=O)O)cc2c1C(CCNC(=O)OC(C)(C)C)=NC2=O. The summed E-state index contributed by atoms with van der Waals surface area (Å²) >= 11 is 0. The molecular weight excluding hydrogens is 312 g/mol. The van der Waals surface area contributed by atoms with Crippen LogP contribution >= 0.6 is 0 Å². The van der Waals surface area contributed by atoms with Gasteiger partial charge >= 0.3 is 12.1 Å². The second-order valence-electron chi connectivity index (χ2n) is 6.56. The zero-order valence-electron chi connectivity index (χ0n) is 14.1. The fourth-order valence-electron chi connectivity index (χ4n) is 2.48. The Morgan fingerprint density at radius 3 is 2.54 bits per heavy atom. The lowest BCUT2D eigenvalue weighted by Gasteiger charge is -2.19. The standard InChI is InChI=1S/C17H20N2O5/c1-9-7-10(15(21)22)8-11-13(9)12(19-14(11)20)5-6-18-16(23)24-17(2,3)4/h7-8H,5-6H2,1-4H3,(H,18,23)(H,21,22). The predicted molar refractivity (Wildman–Crippen MR) is 87.9 cm³/mol. The fraction of sp³-hybridized carbons (Fsp3) is 0.412. The maximum Gasteiger partial charge on any atom is 0.407 e. The summed E-state index contributed by atoms with van der Waals surface area (Å²) in [6, 6.07) is 2.85. The zero-order chi connectivity index (χ0) is 18.1. The number of hydrogen-bond acceptors (Lipinski definition) is 4. The van der Waals surface area contributed by atoms with Crippen molar-refractivity contribution in [3.05, 3.63) is 34.4 Å². The van der Waals surface area contributed by atoms with E-state index in [9.17, 15) is 14.4 Å². The molecule has 128 valence electrons. The molecule has 1 aromatic rings. The maximum atomic E-state index is 12.0. The molecule has 0 aliphatic carbocycles. The van der Waals surface area contributed by atoms with Crippen LogP contribution in [-0.2, 0) is 4.74 Å². The Kier molecular flexibility index (Phi) is 4.73. The van der Waals surface area contributed by atoms with E-state index in [4.69, 9.17) is 9.84 Å². The summed E-state index contributed by atoms with van der Waals surface area (Å²) in [6.45, 7) is 7.31. The van der Waals surface area contributed by atoms with Crippen molar-refractivity contribution < 1.29 is 24.2 Å². The molecule has 2 rings (SSSR count). The largest absolute Gasteiger partial charge is 0.478 e. The average Bonchev–Trinajstić information content (AvgIpc) is 2.74. The quantitative estimate of drug-likeness (QED) is 0.881. The number of amides is 2. The number of alkyl carbamates (subject to hydrolysis) is 1. The van der Waals surface area contributed by atoms with Crippen molar-refractivity contribution in [3.63, 3.8) is 0 Å². The first-order valence-corrected chi connectivity index (χ1v) is 7.55. The third-order valence-electron chi connectivity index (χ3n) is 3.37. The summed E-state index contributed by atoms with van der Waals surface area (Å²) in [4.78, 5) is 38.7. The van der Waals surface area contributed by atoms with Gasteiger partial charge in [-0.1, -0.05) is 0 Å². The molecule has 1 aliphatic rings. The van der Waals surface area contributed by atoms with E-state index < -0.39 is 23.6 Å². The lowest BCUT2D eigenvalue weighted by molar-refractivity contribution is 0.0528. The third kappa shape index (κ3) is 3.98. The molecule has 1 heterocycles. The van der Waals surface area contributed by atoms with Gasteiger partial charge in [-0.25, -0.2) is 14.6 Å². The molecule has 0 bridgehead atoms. The van der Waals surface area contributed by atoms with Gasteiger partial charge < -0.3 is 15.2 Å². The van der Waals surface area contributed by atoms with Gasteiger partial charge in [0.15, 0.2) is 0 Å². The number of ether oxygens (including phenoxy) is 1. The Hall–Kier alpha value is -2.70. The number of aliphatic imine (C=N–C) groups is 1. The van der Waals surface area contributed by atoms with Crippen LogP contribution < -0.4 is 5.32 Å². The molecule has 24 heavy (non-hydrogen) atoms. The van der Waals surface area contributed by atoms with Crippen molar-refractivity contribution in [2.45, 2.75) is 39.7 Å². The van der Waals surface area contributed by atoms with Crippen LogP contribution in [0.2, 0.25) is 0 Å². The Labute approximate surface area is 139 Å². The number of carboxylic acids is 1. The van der Waals surface area contributed by atoms with E-state index in [0.29, 0.717) is 28.8 Å². The minimum atomic E-state index is -1.09. The van der Waals surface area contributed by atoms with Gasteiger partial charge in [-0.05, 0) is 45.4 Å². The molecule has 2 amide bonds. The molecule has 0 saturated carbocycles. The molecule has 0 atom stereocenters. The smallest absolute Gasteiger partial charge is 0.407 e. The van der Waals surface area contributed by atoms with Gasteiger partial charge in [0.25, 0.3) is 5.91 Å². The highest BCUT2D eigenvalue weighted by Crippen LogP contribution is 2.25. The van der Waals surface area contributed by atoms with Crippen LogP contribution in [0, 0.1) is 6.92 Å². The van der Waals surface area contributed by atoms with Crippen molar-refractivity contribution in [3.8, 4) is 0 Å². The van der Waals surface area contributed by atoms with E-state index in [2.05, 4.69) is 10.3 Å². The first-order chi connectivity index (χ1) is 11.1. The maximum absolute atomic E-state index is 12.0. The normalized spacial score (nSPS) is 13.3. The van der Waals surface area contributed by atoms with Crippen LogP contribution in [0.3, 0.4) is 0 Å². The van der Waals surface area contributed by atoms with Gasteiger partial charge in [0, 0.05) is 18.5 Å². The van der Waals surface area contributed by atoms with Gasteiger partial charge in [-0.2, -0.15) is 0 Å². The number of carbonyl (C=O) groups is 3. The number of aromatic carboxylic acids is 1. The van der Waals surface area contributed by atoms with Gasteiger partial charge in [0.05, 0.1) is 16.8 Å². The van der Waals surface area contributed by atoms with E-state index in [0.717, 1.165) is 0 Å². The van der Waals surface area contributed by atoms with Crippen LogP contribution in [0.4, 0.5) is 4.79 Å². The van der Waals surface area contributed by atoms with E-state index in [1.54, 1.807) is 27.7 Å². The molecule has 7 nitrogen and oxygen atoms in total. The van der Waals surface area contributed by atoms with Crippen molar-refractivity contribution in [2.75, 3.05) is 6.54 Å². The Bertz CT molecular complexity index is 744. The fourth-order valence-corrected chi connectivity index (χ4v) is 2.48. The number of aryl methyl sites for hydroxylation is 1. The topological polar surface area (TPSA) is 105 Å². The number of benzene rings is 1. The molecule has 0 unspecified atom stereocenters. The number of carboxylic acid groups (broad SMARTS) is 1. The van der Waals surface area contributed by atoms with Gasteiger partial charge in [0.1, 0.15) is 5.60 Å². The van der Waals surface area contributed by atoms with Crippen LogP contribution in [0.1, 0.15) is 59.0 Å². The third-order valence-corrected chi connectivity index (χ3v) is 3.37. The number of nitrogens with one attached hydrogen (secondary N) is 1. The molecule has 0 radical (unpaired) electrons. The molecule has 0 spiro atoms. The van der Waals surface area contributed by atoms with E-state index >= 15 is 0 Å². The van der Waals surface area contributed by atoms with Gasteiger partial charge in [0.2, 0.25) is 0 Å². The minimum absolute atomic E-state index is 0.0583. The number of nitrogens with zero attached hydrogens (tertiary/aromatic N) is 1. The highest BCUT2D eigenvalue weighted by atomic mass is 16.6. The van der Waals surface area contributed by atoms with Crippen molar-refractivity contribution in [1.82, 2.24) is 5.32 Å². The number of hydrogen-bond donors (Lipinski definition) is 2. The molecule has 1 aliphatic heterocycles. The minimum Gasteiger partial charge on any atom is -0.478 e. The highest BCUT2D eigenvalue weighted by Gasteiger charge is 2.26. The molecule has 1 aromatic carbocycles. The molecule has 0 fully saturated rings. The lowest BCUT2D eigenvalue weighted by Crippen LogP contribution is -2.33. The van der Waals surface area contributed by atoms with Crippen LogP contribution in [0.5, 0.6) is 0 Å². The molecule has 7 heteroatoms. The van der Waals surface area contributed by atoms with Gasteiger partial charge in [-0.3, -0.25) is 4.79 Å². The summed E-state index contributed by atoms with van der Waals surface area (Å²) in [7, 11) is 0. The van der Waals surface area contributed by atoms with Crippen LogP contribution in [0.15, 0.2) is 17.1 Å². The zero-order valence-corrected chi connectivity index (χ0v) is 14.1. The van der Waals surface area contributed by atoms with E-state index in [1.807, 2.05) is 0 Å². The van der Waals surface area contributed by atoms with Crippen molar-refractivity contribution in [1.29, 1.82) is 0 Å². The van der Waals surface area contributed by atoms with Gasteiger partial charge in [-0.15, -0.1) is 0 Å². The van der Waals surface area contributed by atoms with Crippen molar-refractivity contribution >= 4 is 23.7 Å². The van der Waals surface area contributed by atoms with Crippen LogP contribution in [-0.4, -0.2) is 40.9 Å². The highest BCUT2D eigenvalue weighted by molar-refractivity contribution is 6.22. The van der Waals surface area contributed by atoms with Crippen molar-refractivity contribution in [2.24, 2.45) is 4.99 Å². The summed E-state index contributed by atoms with van der Waals surface area (Å²) in [5.74, 6) is -1.54. The Morgan fingerprint density at radius 1 is 1.29 bits per heavy atom. The lowest BCUT2D eigenvalue weighted by atomic mass is 9.95. The summed E-state index contributed by atoms with van der Waals surface area (Å²) < 4.78 is 5.14. The molecule has 0 aromatic heterocycles. The molecular formula is C17H20N2O5. The predicted octanol–water partition coefficient (Wildman–Crippen LogP) is 2.55. The first kappa shape index (κ1) is 17.7. The number of carbonyl (C=O) groups excluding carboxylic acids is 2. The molecule has 0 saturated heterocycles. The second-order valence-corrected chi connectivity index (χ2v) is 6.56. The van der Waals surface area contributed by atoms with E-state index in [-0.39, 0.29) is 12.1 Å². The monoisotopic (exact) mass is 332 g/mol. The number of rotatable bonds is 4. The number of fused-ring (bicyclic) bond motifs is 1. The summed E-state index contributed by atoms with van der Waals surface area (Å²) in [5, 5.41) is 11.7.